The van der Waals surface area contributed by atoms with Crippen LogP contribution in [0.4, 0.5) is 0 Å². The Hall–Kier alpha value is -4.10. The standard InChI is InChI=1S/C21H22N4O6/c1-4-30-23-13-17-12-11-16(31-17)10-7-14-5-8-15(9-6-14)21(28)25(3)18(19(26)22-2)20(27)24-29/h5-6,8-9,11-13,18,29H,4H2,1-3H3,(H,22,26)(H,24,27)/b23-13+. The van der Waals surface area contributed by atoms with E-state index >= 15 is 0 Å². The summed E-state index contributed by atoms with van der Waals surface area (Å²) in [6.07, 6.45) is 1.44. The Balaban J connectivity index is 2.11. The van der Waals surface area contributed by atoms with Crippen LogP contribution in [0.3, 0.4) is 0 Å². The molecule has 0 radical (unpaired) electrons. The van der Waals surface area contributed by atoms with Gasteiger partial charge in [-0.1, -0.05) is 11.1 Å². The Labute approximate surface area is 178 Å². The minimum absolute atomic E-state index is 0.236. The Kier molecular flexibility index (Phi) is 8.36. The van der Waals surface area contributed by atoms with E-state index in [1.165, 1.54) is 37.9 Å². The normalized spacial score (nSPS) is 11.2. The van der Waals surface area contributed by atoms with Gasteiger partial charge in [-0.15, -0.1) is 0 Å². The van der Waals surface area contributed by atoms with Crippen molar-refractivity contribution in [3.05, 3.63) is 59.0 Å². The van der Waals surface area contributed by atoms with Crippen molar-refractivity contribution in [2.24, 2.45) is 5.16 Å². The van der Waals surface area contributed by atoms with E-state index in [-0.39, 0.29) is 5.56 Å². The monoisotopic (exact) mass is 426 g/mol. The van der Waals surface area contributed by atoms with Crippen molar-refractivity contribution in [3.63, 3.8) is 0 Å². The third-order valence-electron chi connectivity index (χ3n) is 4.03. The fraction of sp³-hybridized carbons (Fsp3) is 0.238. The van der Waals surface area contributed by atoms with Crippen molar-refractivity contribution < 1.29 is 28.8 Å². The summed E-state index contributed by atoms with van der Waals surface area (Å²) in [6, 6.07) is 8.14. The van der Waals surface area contributed by atoms with Gasteiger partial charge in [0, 0.05) is 25.2 Å². The molecule has 31 heavy (non-hydrogen) atoms. The van der Waals surface area contributed by atoms with E-state index < -0.39 is 23.8 Å². The number of hydrogen-bond acceptors (Lipinski definition) is 7. The highest BCUT2D eigenvalue weighted by molar-refractivity contribution is 6.08. The number of likely N-dealkylation sites (N-methyl/N-ethyl adjacent to an activating group) is 2. The third kappa shape index (κ3) is 6.19. The molecule has 0 fully saturated rings. The largest absolute Gasteiger partial charge is 0.447 e. The first-order valence-electron chi connectivity index (χ1n) is 9.21. The van der Waals surface area contributed by atoms with E-state index in [1.807, 2.05) is 6.92 Å². The highest BCUT2D eigenvalue weighted by Crippen LogP contribution is 2.10. The lowest BCUT2D eigenvalue weighted by atomic mass is 10.1. The number of nitrogens with zero attached hydrogens (tertiary/aromatic N) is 2. The van der Waals surface area contributed by atoms with Gasteiger partial charge in [0.1, 0.15) is 18.6 Å². The summed E-state index contributed by atoms with van der Waals surface area (Å²) in [4.78, 5) is 42.1. The van der Waals surface area contributed by atoms with Gasteiger partial charge in [-0.25, -0.2) is 5.48 Å². The fourth-order valence-corrected chi connectivity index (χ4v) is 2.47. The van der Waals surface area contributed by atoms with Crippen molar-refractivity contribution in [3.8, 4) is 11.8 Å². The van der Waals surface area contributed by atoms with Crippen LogP contribution in [0, 0.1) is 11.8 Å². The zero-order valence-corrected chi connectivity index (χ0v) is 17.2. The minimum Gasteiger partial charge on any atom is -0.447 e. The summed E-state index contributed by atoms with van der Waals surface area (Å²) in [7, 11) is 2.61. The molecule has 3 N–H and O–H groups in total. The smallest absolute Gasteiger partial charge is 0.275 e. The maximum absolute atomic E-state index is 12.6. The second-order valence-corrected chi connectivity index (χ2v) is 6.09. The Morgan fingerprint density at radius 1 is 1.19 bits per heavy atom. The number of carbonyl (C=O) groups is 3. The molecule has 2 rings (SSSR count). The lowest BCUT2D eigenvalue weighted by Gasteiger charge is -2.25. The molecule has 1 heterocycles. The van der Waals surface area contributed by atoms with Crippen molar-refractivity contribution in [1.29, 1.82) is 0 Å². The zero-order chi connectivity index (χ0) is 22.8. The highest BCUT2D eigenvalue weighted by atomic mass is 16.6. The number of benzene rings is 1. The molecule has 1 atom stereocenters. The zero-order valence-electron chi connectivity index (χ0n) is 17.2. The quantitative estimate of drug-likeness (QED) is 0.197. The van der Waals surface area contributed by atoms with Crippen LogP contribution in [0.2, 0.25) is 0 Å². The number of rotatable bonds is 7. The van der Waals surface area contributed by atoms with Gasteiger partial charge >= 0.3 is 0 Å². The van der Waals surface area contributed by atoms with E-state index in [4.69, 9.17) is 14.5 Å². The minimum atomic E-state index is -1.53. The van der Waals surface area contributed by atoms with Crippen molar-refractivity contribution >= 4 is 23.9 Å². The van der Waals surface area contributed by atoms with Gasteiger partial charge in [0.25, 0.3) is 17.7 Å². The van der Waals surface area contributed by atoms with Gasteiger partial charge in [0.05, 0.1) is 0 Å². The summed E-state index contributed by atoms with van der Waals surface area (Å²) < 4.78 is 5.48. The Morgan fingerprint density at radius 2 is 1.90 bits per heavy atom. The SMILES string of the molecule is CCO/N=C/c1ccc(C#Cc2ccc(C(=O)N(C)C(C(=O)NC)C(=O)NO)cc2)o1. The summed E-state index contributed by atoms with van der Waals surface area (Å²) in [5.74, 6) is 4.35. The predicted octanol–water partition coefficient (Wildman–Crippen LogP) is 0.742. The third-order valence-corrected chi connectivity index (χ3v) is 4.03. The van der Waals surface area contributed by atoms with E-state index in [0.717, 1.165) is 4.90 Å². The highest BCUT2D eigenvalue weighted by Gasteiger charge is 2.33. The molecule has 162 valence electrons. The molecule has 10 nitrogen and oxygen atoms in total. The molecule has 3 amide bonds. The molecule has 0 bridgehead atoms. The lowest BCUT2D eigenvalue weighted by Crippen LogP contribution is -2.54. The predicted molar refractivity (Wildman–Crippen MR) is 110 cm³/mol. The fourth-order valence-electron chi connectivity index (χ4n) is 2.47. The number of amides is 3. The van der Waals surface area contributed by atoms with Crippen LogP contribution in [-0.4, -0.2) is 60.8 Å². The number of hydroxylamine groups is 1. The summed E-state index contributed by atoms with van der Waals surface area (Å²) in [5, 5.41) is 14.8. The molecule has 0 spiro atoms. The average molecular weight is 426 g/mol. The van der Waals surface area contributed by atoms with Gasteiger partial charge < -0.3 is 19.5 Å². The first-order valence-corrected chi connectivity index (χ1v) is 9.21. The average Bonchev–Trinajstić information content (AvgIpc) is 3.25. The number of carbonyl (C=O) groups excluding carboxylic acids is 3. The van der Waals surface area contributed by atoms with E-state index in [9.17, 15) is 14.4 Å². The number of furan rings is 1. The van der Waals surface area contributed by atoms with E-state index in [2.05, 4.69) is 22.3 Å². The molecule has 0 saturated heterocycles. The molecular weight excluding hydrogens is 404 g/mol. The number of oxime groups is 1. The molecule has 10 heteroatoms. The van der Waals surface area contributed by atoms with Gasteiger partial charge in [0.2, 0.25) is 0 Å². The van der Waals surface area contributed by atoms with E-state index in [1.54, 1.807) is 24.3 Å². The molecule has 0 saturated carbocycles. The van der Waals surface area contributed by atoms with Crippen molar-refractivity contribution in [2.45, 2.75) is 13.0 Å². The van der Waals surface area contributed by atoms with E-state index in [0.29, 0.717) is 23.7 Å². The lowest BCUT2D eigenvalue weighted by molar-refractivity contribution is -0.140. The van der Waals surface area contributed by atoms with Crippen LogP contribution in [0.25, 0.3) is 0 Å². The maximum atomic E-state index is 12.6. The van der Waals surface area contributed by atoms with Gasteiger partial charge in [-0.2, -0.15) is 0 Å². The summed E-state index contributed by atoms with van der Waals surface area (Å²) >= 11 is 0. The topological polar surface area (TPSA) is 133 Å². The first-order chi connectivity index (χ1) is 14.9. The van der Waals surface area contributed by atoms with Crippen LogP contribution in [0.15, 0.2) is 46.0 Å². The number of hydrogen-bond donors (Lipinski definition) is 3. The van der Waals surface area contributed by atoms with Crippen LogP contribution < -0.4 is 10.8 Å². The summed E-state index contributed by atoms with van der Waals surface area (Å²) in [5.41, 5.74) is 2.25. The second-order valence-electron chi connectivity index (χ2n) is 6.09. The molecular formula is C21H22N4O6. The molecule has 1 aromatic heterocycles. The molecule has 1 aromatic carbocycles. The van der Waals surface area contributed by atoms with Crippen LogP contribution in [-0.2, 0) is 14.4 Å². The maximum Gasteiger partial charge on any atom is 0.275 e. The molecule has 0 aliphatic heterocycles. The molecule has 0 aliphatic rings. The Morgan fingerprint density at radius 3 is 2.52 bits per heavy atom. The first kappa shape index (κ1) is 23.2. The summed E-state index contributed by atoms with van der Waals surface area (Å²) in [6.45, 7) is 2.28. The Bertz CT molecular complexity index is 1000. The number of nitrogens with one attached hydrogen (secondary N) is 2. The van der Waals surface area contributed by atoms with Crippen molar-refractivity contribution in [1.82, 2.24) is 15.7 Å². The van der Waals surface area contributed by atoms with Gasteiger partial charge in [-0.05, 0) is 49.2 Å². The van der Waals surface area contributed by atoms with Gasteiger partial charge in [-0.3, -0.25) is 19.6 Å². The van der Waals surface area contributed by atoms with Crippen molar-refractivity contribution in [2.75, 3.05) is 20.7 Å². The van der Waals surface area contributed by atoms with Gasteiger partial charge in [0.15, 0.2) is 11.8 Å². The van der Waals surface area contributed by atoms with Crippen LogP contribution in [0.1, 0.15) is 34.4 Å². The van der Waals surface area contributed by atoms with Crippen LogP contribution in [0.5, 0.6) is 0 Å². The van der Waals surface area contributed by atoms with Crippen LogP contribution >= 0.6 is 0 Å². The molecule has 2 aromatic rings. The second kappa shape index (κ2) is 11.2. The molecule has 0 aliphatic carbocycles. The molecule has 1 unspecified atom stereocenters.